The van der Waals surface area contributed by atoms with E-state index < -0.39 is 5.97 Å². The molecule has 3 aromatic rings. The zero-order valence-electron chi connectivity index (χ0n) is 17.6. The first-order chi connectivity index (χ1) is 14.9. The quantitative estimate of drug-likeness (QED) is 0.418. The van der Waals surface area contributed by atoms with Crippen LogP contribution in [0.3, 0.4) is 0 Å². The predicted molar refractivity (Wildman–Crippen MR) is 122 cm³/mol. The van der Waals surface area contributed by atoms with Gasteiger partial charge < -0.3 is 9.47 Å². The molecule has 0 radical (unpaired) electrons. The van der Waals surface area contributed by atoms with Gasteiger partial charge in [-0.3, -0.25) is 9.69 Å². The highest BCUT2D eigenvalue weighted by Crippen LogP contribution is 2.29. The van der Waals surface area contributed by atoms with E-state index in [1.165, 1.54) is 23.8 Å². The summed E-state index contributed by atoms with van der Waals surface area (Å²) in [6.45, 7) is 5.20. The number of ether oxygens (including phenoxy) is 2. The van der Waals surface area contributed by atoms with Gasteiger partial charge in [-0.05, 0) is 54.8 Å². The molecule has 31 heavy (non-hydrogen) atoms. The minimum atomic E-state index is -0.513. The van der Waals surface area contributed by atoms with Crippen LogP contribution in [0.4, 0.5) is 10.8 Å². The molecule has 0 N–H and O–H groups in total. The van der Waals surface area contributed by atoms with E-state index in [0.29, 0.717) is 21.6 Å². The normalized spacial score (nSPS) is 10.6. The summed E-state index contributed by atoms with van der Waals surface area (Å²) in [6.07, 6.45) is 0.925. The molecule has 0 aliphatic heterocycles. The highest BCUT2D eigenvalue weighted by molar-refractivity contribution is 7.14. The number of thiazole rings is 1. The average molecular weight is 459 g/mol. The molecule has 0 atom stereocenters. The summed E-state index contributed by atoms with van der Waals surface area (Å²) in [7, 11) is 0. The topological polar surface area (TPSA) is 68.7 Å². The Hall–Kier alpha value is -2.90. The fourth-order valence-electron chi connectivity index (χ4n) is 2.82. The van der Waals surface area contributed by atoms with Crippen molar-refractivity contribution in [2.75, 3.05) is 11.5 Å². The van der Waals surface area contributed by atoms with Crippen LogP contribution in [0.15, 0.2) is 47.8 Å². The third kappa shape index (κ3) is 6.06. The Morgan fingerprint density at radius 1 is 1.16 bits per heavy atom. The van der Waals surface area contributed by atoms with Crippen molar-refractivity contribution in [1.82, 2.24) is 4.98 Å². The smallest absolute Gasteiger partial charge is 0.344 e. The Morgan fingerprint density at radius 2 is 1.90 bits per heavy atom. The van der Waals surface area contributed by atoms with Gasteiger partial charge in [-0.2, -0.15) is 0 Å². The number of carbonyl (C=O) groups excluding carboxylic acids is 2. The van der Waals surface area contributed by atoms with E-state index in [2.05, 4.69) is 11.9 Å². The van der Waals surface area contributed by atoms with Gasteiger partial charge in [-0.1, -0.05) is 30.7 Å². The summed E-state index contributed by atoms with van der Waals surface area (Å²) in [5.74, 6) is -0.115. The lowest BCUT2D eigenvalue weighted by Crippen LogP contribution is -2.22. The van der Waals surface area contributed by atoms with E-state index in [1.807, 2.05) is 31.2 Å². The molecule has 2 aromatic carbocycles. The van der Waals surface area contributed by atoms with Crippen LogP contribution in [0.1, 0.15) is 30.7 Å². The number of benzene rings is 2. The fraction of sp³-hybridized carbons (Fsp3) is 0.261. The molecule has 1 aromatic heterocycles. The summed E-state index contributed by atoms with van der Waals surface area (Å²) in [4.78, 5) is 30.2. The first kappa shape index (κ1) is 22.8. The Morgan fingerprint density at radius 3 is 2.55 bits per heavy atom. The Balaban J connectivity index is 1.58. The molecule has 0 unspecified atom stereocenters. The number of halogens is 1. The second-order valence-electron chi connectivity index (χ2n) is 6.86. The number of anilines is 2. The number of aromatic nitrogens is 1. The van der Waals surface area contributed by atoms with Crippen molar-refractivity contribution in [2.24, 2.45) is 0 Å². The second-order valence-corrected chi connectivity index (χ2v) is 8.10. The summed E-state index contributed by atoms with van der Waals surface area (Å²) in [6, 6.07) is 12.9. The van der Waals surface area contributed by atoms with Gasteiger partial charge in [0.25, 0.3) is 0 Å². The second kappa shape index (κ2) is 10.4. The van der Waals surface area contributed by atoms with Gasteiger partial charge in [0.15, 0.2) is 11.7 Å². The van der Waals surface area contributed by atoms with Gasteiger partial charge in [-0.15, -0.1) is 11.3 Å². The maximum atomic E-state index is 12.2. The van der Waals surface area contributed by atoms with Crippen LogP contribution in [0.25, 0.3) is 0 Å². The number of nitrogens with zero attached hydrogens (tertiary/aromatic N) is 2. The van der Waals surface area contributed by atoms with E-state index in [-0.39, 0.29) is 19.1 Å². The van der Waals surface area contributed by atoms with Crippen LogP contribution >= 0.6 is 22.9 Å². The summed E-state index contributed by atoms with van der Waals surface area (Å²) < 4.78 is 10.7. The summed E-state index contributed by atoms with van der Waals surface area (Å²) in [5.41, 5.74) is 3.36. The van der Waals surface area contributed by atoms with Crippen LogP contribution in [0.5, 0.6) is 5.75 Å². The van der Waals surface area contributed by atoms with Crippen molar-refractivity contribution < 1.29 is 19.1 Å². The molecular weight excluding hydrogens is 436 g/mol. The van der Waals surface area contributed by atoms with Crippen molar-refractivity contribution >= 4 is 45.6 Å². The van der Waals surface area contributed by atoms with E-state index >= 15 is 0 Å². The minimum Gasteiger partial charge on any atom is -0.482 e. The van der Waals surface area contributed by atoms with E-state index in [4.69, 9.17) is 21.1 Å². The zero-order valence-corrected chi connectivity index (χ0v) is 19.1. The largest absolute Gasteiger partial charge is 0.482 e. The molecule has 0 spiro atoms. The molecular formula is C23H23ClN2O4S. The SMILES string of the molecule is CCc1ccc(N(C(C)=O)c2nc(COC(=O)COc3ccc(Cl)c(C)c3)cs2)cc1. The van der Waals surface area contributed by atoms with Crippen LogP contribution in [0.2, 0.25) is 5.02 Å². The molecule has 0 bridgehead atoms. The number of carbonyl (C=O) groups is 2. The third-order valence-electron chi connectivity index (χ3n) is 4.52. The lowest BCUT2D eigenvalue weighted by Gasteiger charge is -2.18. The van der Waals surface area contributed by atoms with Crippen molar-refractivity contribution in [3.63, 3.8) is 0 Å². The number of aryl methyl sites for hydroxylation is 2. The molecule has 0 fully saturated rings. The first-order valence-electron chi connectivity index (χ1n) is 9.76. The van der Waals surface area contributed by atoms with Crippen LogP contribution in [-0.2, 0) is 27.4 Å². The van der Waals surface area contributed by atoms with Gasteiger partial charge in [0.05, 0.1) is 11.4 Å². The van der Waals surface area contributed by atoms with Crippen molar-refractivity contribution in [1.29, 1.82) is 0 Å². The van der Waals surface area contributed by atoms with Gasteiger partial charge >= 0.3 is 5.97 Å². The fourth-order valence-corrected chi connectivity index (χ4v) is 3.81. The van der Waals surface area contributed by atoms with Crippen molar-refractivity contribution in [3.05, 3.63) is 69.7 Å². The molecule has 6 nitrogen and oxygen atoms in total. The molecule has 0 saturated heterocycles. The first-order valence-corrected chi connectivity index (χ1v) is 11.0. The number of rotatable bonds is 8. The monoisotopic (exact) mass is 458 g/mol. The number of hydrogen-bond acceptors (Lipinski definition) is 6. The average Bonchev–Trinajstić information content (AvgIpc) is 3.22. The van der Waals surface area contributed by atoms with E-state index in [0.717, 1.165) is 17.7 Å². The lowest BCUT2D eigenvalue weighted by molar-refractivity contribution is -0.147. The number of esters is 1. The molecule has 1 heterocycles. The molecule has 0 saturated carbocycles. The standard InChI is InChI=1S/C23H23ClN2O4S/c1-4-17-5-7-19(8-6-17)26(16(3)27)23-25-18(14-31-23)12-30-22(28)13-29-20-9-10-21(24)15(2)11-20/h5-11,14H,4,12-13H2,1-3H3. The molecule has 162 valence electrons. The molecule has 1 amide bonds. The van der Waals surface area contributed by atoms with Crippen molar-refractivity contribution in [2.45, 2.75) is 33.8 Å². The Kier molecular flexibility index (Phi) is 7.65. The summed E-state index contributed by atoms with van der Waals surface area (Å²) in [5, 5.41) is 2.92. The van der Waals surface area contributed by atoms with Crippen LogP contribution < -0.4 is 9.64 Å². The van der Waals surface area contributed by atoms with Gasteiger partial charge in [0.1, 0.15) is 12.4 Å². The van der Waals surface area contributed by atoms with Gasteiger partial charge in [0, 0.05) is 17.3 Å². The predicted octanol–water partition coefficient (Wildman–Crippen LogP) is 5.47. The molecule has 0 aliphatic carbocycles. The maximum absolute atomic E-state index is 12.2. The number of hydrogen-bond donors (Lipinski definition) is 0. The van der Waals surface area contributed by atoms with Gasteiger partial charge in [0.2, 0.25) is 5.91 Å². The minimum absolute atomic E-state index is 0.00113. The third-order valence-corrected chi connectivity index (χ3v) is 5.81. The Bertz CT molecular complexity index is 1070. The molecule has 8 heteroatoms. The van der Waals surface area contributed by atoms with Crippen molar-refractivity contribution in [3.8, 4) is 5.75 Å². The summed E-state index contributed by atoms with van der Waals surface area (Å²) >= 11 is 7.29. The molecule has 3 rings (SSSR count). The maximum Gasteiger partial charge on any atom is 0.344 e. The highest BCUT2D eigenvalue weighted by atomic mass is 35.5. The molecule has 0 aliphatic rings. The number of amides is 1. The van der Waals surface area contributed by atoms with Crippen LogP contribution in [-0.4, -0.2) is 23.5 Å². The van der Waals surface area contributed by atoms with E-state index in [9.17, 15) is 9.59 Å². The van der Waals surface area contributed by atoms with E-state index in [1.54, 1.807) is 28.5 Å². The highest BCUT2D eigenvalue weighted by Gasteiger charge is 2.18. The zero-order chi connectivity index (χ0) is 22.4. The van der Waals surface area contributed by atoms with Crippen LogP contribution in [0, 0.1) is 6.92 Å². The van der Waals surface area contributed by atoms with Gasteiger partial charge in [-0.25, -0.2) is 9.78 Å². The lowest BCUT2D eigenvalue weighted by atomic mass is 10.1. The Labute approximate surface area is 190 Å².